The molecule has 0 aromatic heterocycles. The number of piperidine rings is 1. The Morgan fingerprint density at radius 2 is 1.83 bits per heavy atom. The van der Waals surface area contributed by atoms with E-state index in [4.69, 9.17) is 4.74 Å². The maximum Gasteiger partial charge on any atom is 0.166 e. The van der Waals surface area contributed by atoms with E-state index in [9.17, 15) is 5.11 Å². The molecular formula is C21H28NO2+. The maximum atomic E-state index is 10.4. The second-order valence-corrected chi connectivity index (χ2v) is 7.03. The molecule has 1 heterocycles. The van der Waals surface area contributed by atoms with Crippen molar-refractivity contribution < 1.29 is 14.7 Å². The van der Waals surface area contributed by atoms with Crippen molar-refractivity contribution in [2.24, 2.45) is 5.92 Å². The van der Waals surface area contributed by atoms with Gasteiger partial charge in [-0.15, -0.1) is 0 Å². The molecule has 2 N–H and O–H groups in total. The van der Waals surface area contributed by atoms with Crippen LogP contribution in [0.1, 0.15) is 29.5 Å². The molecule has 3 rings (SSSR count). The fourth-order valence-corrected chi connectivity index (χ4v) is 3.79. The highest BCUT2D eigenvalue weighted by atomic mass is 16.5. The predicted octanol–water partition coefficient (Wildman–Crippen LogP) is 2.75. The number of likely N-dealkylation sites (tertiary alicyclic amines) is 1. The number of hydrogen-bond donors (Lipinski definition) is 2. The van der Waals surface area contributed by atoms with E-state index in [1.165, 1.54) is 37.9 Å². The van der Waals surface area contributed by atoms with E-state index in [0.29, 0.717) is 11.5 Å². The van der Waals surface area contributed by atoms with Crippen LogP contribution in [0, 0.1) is 12.8 Å². The van der Waals surface area contributed by atoms with Gasteiger partial charge in [0.05, 0.1) is 25.8 Å². The van der Waals surface area contributed by atoms with Crippen LogP contribution in [0.15, 0.2) is 42.5 Å². The summed E-state index contributed by atoms with van der Waals surface area (Å²) < 4.78 is 5.28. The van der Waals surface area contributed by atoms with Crippen molar-refractivity contribution in [2.75, 3.05) is 20.2 Å². The van der Waals surface area contributed by atoms with Crippen LogP contribution in [0.5, 0.6) is 11.5 Å². The van der Waals surface area contributed by atoms with Crippen molar-refractivity contribution in [3.05, 3.63) is 59.2 Å². The van der Waals surface area contributed by atoms with Crippen LogP contribution >= 0.6 is 0 Å². The Balaban J connectivity index is 1.57. The quantitative estimate of drug-likeness (QED) is 0.886. The van der Waals surface area contributed by atoms with Crippen molar-refractivity contribution in [3.63, 3.8) is 0 Å². The third kappa shape index (κ3) is 4.09. The van der Waals surface area contributed by atoms with Crippen molar-refractivity contribution in [3.8, 4) is 11.5 Å². The van der Waals surface area contributed by atoms with Gasteiger partial charge in [-0.05, 0) is 55.4 Å². The Morgan fingerprint density at radius 1 is 1.12 bits per heavy atom. The molecule has 1 saturated heterocycles. The first-order valence-electron chi connectivity index (χ1n) is 8.89. The third-order valence-corrected chi connectivity index (χ3v) is 5.14. The number of ether oxygens (including phenoxy) is 1. The number of rotatable bonds is 5. The van der Waals surface area contributed by atoms with E-state index in [2.05, 4.69) is 36.4 Å². The topological polar surface area (TPSA) is 33.9 Å². The van der Waals surface area contributed by atoms with Gasteiger partial charge in [-0.2, -0.15) is 0 Å². The molecule has 3 heteroatoms. The van der Waals surface area contributed by atoms with Gasteiger partial charge in [0.25, 0.3) is 0 Å². The van der Waals surface area contributed by atoms with Gasteiger partial charge < -0.3 is 14.7 Å². The van der Waals surface area contributed by atoms with Gasteiger partial charge >= 0.3 is 0 Å². The normalized spacial score (nSPS) is 20.8. The van der Waals surface area contributed by atoms with Crippen LogP contribution in [0.3, 0.4) is 0 Å². The van der Waals surface area contributed by atoms with E-state index < -0.39 is 0 Å². The van der Waals surface area contributed by atoms with E-state index in [0.717, 1.165) is 23.6 Å². The average molecular weight is 326 g/mol. The fourth-order valence-electron chi connectivity index (χ4n) is 3.79. The summed E-state index contributed by atoms with van der Waals surface area (Å²) in [6, 6.07) is 14.8. The van der Waals surface area contributed by atoms with Crippen LogP contribution in [-0.2, 0) is 13.0 Å². The predicted molar refractivity (Wildman–Crippen MR) is 96.7 cm³/mol. The highest BCUT2D eigenvalue weighted by molar-refractivity contribution is 5.47. The molecule has 0 bridgehead atoms. The number of hydrogen-bond acceptors (Lipinski definition) is 2. The third-order valence-electron chi connectivity index (χ3n) is 5.14. The lowest BCUT2D eigenvalue weighted by Crippen LogP contribution is -3.11. The zero-order chi connectivity index (χ0) is 16.9. The largest absolute Gasteiger partial charge is 0.504 e. The molecule has 2 aromatic rings. The van der Waals surface area contributed by atoms with Crippen LogP contribution < -0.4 is 9.64 Å². The molecule has 0 spiro atoms. The first-order chi connectivity index (χ1) is 11.7. The number of methoxy groups -OCH3 is 1. The summed E-state index contributed by atoms with van der Waals surface area (Å²) in [5, 5.41) is 10.4. The van der Waals surface area contributed by atoms with Gasteiger partial charge in [-0.3, -0.25) is 0 Å². The molecule has 0 atom stereocenters. The Morgan fingerprint density at radius 3 is 2.50 bits per heavy atom. The monoisotopic (exact) mass is 326 g/mol. The van der Waals surface area contributed by atoms with Crippen LogP contribution in [0.25, 0.3) is 0 Å². The summed E-state index contributed by atoms with van der Waals surface area (Å²) in [5.41, 5.74) is 3.59. The summed E-state index contributed by atoms with van der Waals surface area (Å²) in [6.07, 6.45) is 3.71. The molecule has 128 valence electrons. The minimum atomic E-state index is 0.307. The highest BCUT2D eigenvalue weighted by Gasteiger charge is 2.24. The summed E-state index contributed by atoms with van der Waals surface area (Å²) >= 11 is 0. The molecule has 3 nitrogen and oxygen atoms in total. The van der Waals surface area contributed by atoms with Gasteiger partial charge in [-0.1, -0.05) is 30.3 Å². The van der Waals surface area contributed by atoms with Crippen LogP contribution in [-0.4, -0.2) is 25.3 Å². The Kier molecular flexibility index (Phi) is 5.41. The summed E-state index contributed by atoms with van der Waals surface area (Å²) in [4.78, 5) is 1.56. The number of phenols is 1. The lowest BCUT2D eigenvalue weighted by atomic mass is 9.90. The van der Waals surface area contributed by atoms with Gasteiger partial charge in [0.1, 0.15) is 6.54 Å². The molecule has 2 aromatic carbocycles. The summed E-state index contributed by atoms with van der Waals surface area (Å²) in [7, 11) is 1.61. The van der Waals surface area contributed by atoms with Crippen molar-refractivity contribution in [2.45, 2.75) is 32.7 Å². The molecule has 0 unspecified atom stereocenters. The molecule has 24 heavy (non-hydrogen) atoms. The molecule has 0 aliphatic carbocycles. The lowest BCUT2D eigenvalue weighted by Gasteiger charge is -2.29. The first-order valence-corrected chi connectivity index (χ1v) is 8.89. The van der Waals surface area contributed by atoms with Crippen molar-refractivity contribution in [1.82, 2.24) is 0 Å². The molecule has 0 radical (unpaired) electrons. The number of nitrogens with one attached hydrogen (secondary N) is 1. The van der Waals surface area contributed by atoms with Crippen LogP contribution in [0.4, 0.5) is 0 Å². The zero-order valence-electron chi connectivity index (χ0n) is 14.7. The lowest BCUT2D eigenvalue weighted by molar-refractivity contribution is -0.919. The van der Waals surface area contributed by atoms with Gasteiger partial charge in [0.2, 0.25) is 0 Å². The minimum Gasteiger partial charge on any atom is -0.504 e. The molecule has 0 amide bonds. The molecule has 1 aliphatic rings. The van der Waals surface area contributed by atoms with E-state index in [-0.39, 0.29) is 0 Å². The van der Waals surface area contributed by atoms with Crippen LogP contribution in [0.2, 0.25) is 0 Å². The van der Waals surface area contributed by atoms with Gasteiger partial charge in [0.15, 0.2) is 11.5 Å². The average Bonchev–Trinajstić information content (AvgIpc) is 2.60. The standard InChI is InChI=1S/C21H27NO2/c1-16-12-19(21(23)20(13-16)24-2)15-22-10-8-18(9-11-22)14-17-6-4-3-5-7-17/h3-7,12-13,18,23H,8-11,14-15H2,1-2H3/p+1. The number of phenolic OH excluding ortho intramolecular Hbond substituents is 1. The Bertz CT molecular complexity index is 661. The van der Waals surface area contributed by atoms with E-state index >= 15 is 0 Å². The van der Waals surface area contributed by atoms with Gasteiger partial charge in [0, 0.05) is 0 Å². The number of aromatic hydroxyl groups is 1. The number of benzene rings is 2. The summed E-state index contributed by atoms with van der Waals surface area (Å²) in [5.74, 6) is 1.68. The van der Waals surface area contributed by atoms with Gasteiger partial charge in [-0.25, -0.2) is 0 Å². The minimum absolute atomic E-state index is 0.307. The second kappa shape index (κ2) is 7.71. The zero-order valence-corrected chi connectivity index (χ0v) is 14.7. The molecular weight excluding hydrogens is 298 g/mol. The molecule has 1 aliphatic heterocycles. The fraction of sp³-hybridized carbons (Fsp3) is 0.429. The van der Waals surface area contributed by atoms with Crippen molar-refractivity contribution >= 4 is 0 Å². The Hall–Kier alpha value is -2.00. The van der Waals surface area contributed by atoms with Crippen molar-refractivity contribution in [1.29, 1.82) is 0 Å². The molecule has 0 saturated carbocycles. The summed E-state index contributed by atoms with van der Waals surface area (Å²) in [6.45, 7) is 5.27. The second-order valence-electron chi connectivity index (χ2n) is 7.03. The number of aryl methyl sites for hydroxylation is 1. The Labute approximate surface area is 144 Å². The van der Waals surface area contributed by atoms with E-state index in [1.807, 2.05) is 13.0 Å². The first kappa shape index (κ1) is 16.8. The maximum absolute atomic E-state index is 10.4. The smallest absolute Gasteiger partial charge is 0.166 e. The SMILES string of the molecule is COc1cc(C)cc(C[NH+]2CCC(Cc3ccccc3)CC2)c1O. The van der Waals surface area contributed by atoms with E-state index in [1.54, 1.807) is 12.0 Å². The number of quaternary nitrogens is 1. The highest BCUT2D eigenvalue weighted by Crippen LogP contribution is 2.31. The molecule has 1 fully saturated rings.